The van der Waals surface area contributed by atoms with E-state index in [1.807, 2.05) is 6.07 Å². The zero-order chi connectivity index (χ0) is 12.1. The van der Waals surface area contributed by atoms with Crippen LogP contribution in [0.3, 0.4) is 0 Å². The molecule has 0 atom stereocenters. The quantitative estimate of drug-likeness (QED) is 0.772. The molecule has 0 bridgehead atoms. The second-order valence-corrected chi connectivity index (χ2v) is 4.93. The van der Waals surface area contributed by atoms with Crippen LogP contribution < -0.4 is 0 Å². The predicted octanol–water partition coefficient (Wildman–Crippen LogP) is 3.91. The molecule has 0 N–H and O–H groups in total. The molecule has 0 aromatic heterocycles. The first-order valence-corrected chi connectivity index (χ1v) is 6.53. The average Bonchev–Trinajstić information content (AvgIpc) is 2.37. The minimum atomic E-state index is -0.215. The molecule has 0 radical (unpaired) electrons. The summed E-state index contributed by atoms with van der Waals surface area (Å²) in [5.74, 6) is 0.430. The van der Waals surface area contributed by atoms with Crippen LogP contribution in [-0.2, 0) is 11.2 Å². The van der Waals surface area contributed by atoms with Gasteiger partial charge in [0.2, 0.25) is 0 Å². The summed E-state index contributed by atoms with van der Waals surface area (Å²) in [7, 11) is 0. The molecule has 0 amide bonds. The van der Waals surface area contributed by atoms with Crippen LogP contribution in [0.15, 0.2) is 24.3 Å². The van der Waals surface area contributed by atoms with Gasteiger partial charge in [0.15, 0.2) is 0 Å². The van der Waals surface area contributed by atoms with Gasteiger partial charge in [-0.25, -0.2) is 4.39 Å². The Morgan fingerprint density at radius 1 is 1.24 bits per heavy atom. The van der Waals surface area contributed by atoms with Crippen LogP contribution in [0.5, 0.6) is 0 Å². The number of hydrogen-bond donors (Lipinski definition) is 0. The second-order valence-electron chi connectivity index (χ2n) is 4.93. The summed E-state index contributed by atoms with van der Waals surface area (Å²) in [5, 5.41) is 0. The van der Waals surface area contributed by atoms with Crippen molar-refractivity contribution in [2.75, 3.05) is 0 Å². The second kappa shape index (κ2) is 5.95. The highest BCUT2D eigenvalue weighted by molar-refractivity contribution is 5.81. The molecular formula is C15H19FO. The number of carbonyl (C=O) groups is 1. The fourth-order valence-electron chi connectivity index (χ4n) is 2.59. The zero-order valence-corrected chi connectivity index (χ0v) is 10.1. The third kappa shape index (κ3) is 3.65. The number of carbonyl (C=O) groups excluding carboxylic acids is 1. The molecule has 0 saturated heterocycles. The van der Waals surface area contributed by atoms with Crippen molar-refractivity contribution >= 4 is 5.78 Å². The number of ketones is 1. The molecule has 0 aliphatic heterocycles. The molecule has 1 nitrogen and oxygen atoms in total. The van der Waals surface area contributed by atoms with E-state index < -0.39 is 0 Å². The number of halogens is 1. The van der Waals surface area contributed by atoms with Crippen LogP contribution in [0, 0.1) is 11.7 Å². The molecular weight excluding hydrogens is 215 g/mol. The first-order valence-electron chi connectivity index (χ1n) is 6.53. The molecule has 1 saturated carbocycles. The van der Waals surface area contributed by atoms with Crippen molar-refractivity contribution in [2.45, 2.75) is 44.9 Å². The van der Waals surface area contributed by atoms with Crippen molar-refractivity contribution in [3.63, 3.8) is 0 Å². The Hall–Kier alpha value is -1.18. The lowest BCUT2D eigenvalue weighted by Crippen LogP contribution is -2.18. The SMILES string of the molecule is O=C(CCc1cccc(F)c1)C1CCCCC1. The summed E-state index contributed by atoms with van der Waals surface area (Å²) < 4.78 is 13.0. The first-order chi connectivity index (χ1) is 8.25. The van der Waals surface area contributed by atoms with Crippen LogP contribution in [0.4, 0.5) is 4.39 Å². The monoisotopic (exact) mass is 234 g/mol. The van der Waals surface area contributed by atoms with E-state index in [9.17, 15) is 9.18 Å². The molecule has 1 aromatic carbocycles. The molecule has 2 heteroatoms. The Balaban J connectivity index is 1.83. The Bertz CT molecular complexity index is 380. The van der Waals surface area contributed by atoms with Crippen LogP contribution in [0.2, 0.25) is 0 Å². The van der Waals surface area contributed by atoms with Crippen LogP contribution >= 0.6 is 0 Å². The van der Waals surface area contributed by atoms with E-state index in [1.165, 1.54) is 31.4 Å². The molecule has 1 aromatic rings. The van der Waals surface area contributed by atoms with Crippen molar-refractivity contribution < 1.29 is 9.18 Å². The highest BCUT2D eigenvalue weighted by atomic mass is 19.1. The van der Waals surface area contributed by atoms with E-state index in [2.05, 4.69) is 0 Å². The van der Waals surface area contributed by atoms with Gasteiger partial charge >= 0.3 is 0 Å². The number of hydrogen-bond acceptors (Lipinski definition) is 1. The predicted molar refractivity (Wildman–Crippen MR) is 66.3 cm³/mol. The van der Waals surface area contributed by atoms with Gasteiger partial charge in [0.25, 0.3) is 0 Å². The Labute approximate surface area is 102 Å². The molecule has 17 heavy (non-hydrogen) atoms. The van der Waals surface area contributed by atoms with Crippen LogP contribution in [0.1, 0.15) is 44.1 Å². The molecule has 1 aliphatic carbocycles. The third-order valence-corrected chi connectivity index (χ3v) is 3.61. The van der Waals surface area contributed by atoms with E-state index in [4.69, 9.17) is 0 Å². The smallest absolute Gasteiger partial charge is 0.136 e. The third-order valence-electron chi connectivity index (χ3n) is 3.61. The Morgan fingerprint density at radius 3 is 2.71 bits per heavy atom. The standard InChI is InChI=1S/C15H19FO/c16-14-8-4-5-12(11-14)9-10-15(17)13-6-2-1-3-7-13/h4-5,8,11,13H,1-3,6-7,9-10H2. The highest BCUT2D eigenvalue weighted by Crippen LogP contribution is 2.25. The maximum atomic E-state index is 13.0. The normalized spacial score (nSPS) is 17.0. The molecule has 0 spiro atoms. The van der Waals surface area contributed by atoms with E-state index in [0.29, 0.717) is 18.6 Å². The summed E-state index contributed by atoms with van der Waals surface area (Å²) in [5.41, 5.74) is 0.925. The summed E-state index contributed by atoms with van der Waals surface area (Å²) in [6.07, 6.45) is 7.01. The Morgan fingerprint density at radius 2 is 2.00 bits per heavy atom. The first kappa shape index (κ1) is 12.3. The average molecular weight is 234 g/mol. The Kier molecular flexibility index (Phi) is 4.29. The maximum absolute atomic E-state index is 13.0. The summed E-state index contributed by atoms with van der Waals surface area (Å²) in [6, 6.07) is 6.55. The lowest BCUT2D eigenvalue weighted by Gasteiger charge is -2.20. The van der Waals surface area contributed by atoms with Gasteiger partial charge in [-0.05, 0) is 37.0 Å². The molecule has 0 unspecified atom stereocenters. The fourth-order valence-corrected chi connectivity index (χ4v) is 2.59. The van der Waals surface area contributed by atoms with Gasteiger partial charge in [0.1, 0.15) is 11.6 Å². The minimum Gasteiger partial charge on any atom is -0.299 e. The maximum Gasteiger partial charge on any atom is 0.136 e. The van der Waals surface area contributed by atoms with Crippen molar-refractivity contribution in [1.82, 2.24) is 0 Å². The number of Topliss-reactive ketones (excluding diaryl/α,β-unsaturated/α-hetero) is 1. The van der Waals surface area contributed by atoms with Crippen molar-refractivity contribution in [1.29, 1.82) is 0 Å². The molecule has 92 valence electrons. The van der Waals surface area contributed by atoms with Gasteiger partial charge in [-0.2, -0.15) is 0 Å². The summed E-state index contributed by atoms with van der Waals surface area (Å²) in [6.45, 7) is 0. The lowest BCUT2D eigenvalue weighted by atomic mass is 9.84. The van der Waals surface area contributed by atoms with Crippen molar-refractivity contribution in [3.05, 3.63) is 35.6 Å². The fraction of sp³-hybridized carbons (Fsp3) is 0.533. The zero-order valence-electron chi connectivity index (χ0n) is 10.1. The number of rotatable bonds is 4. The van der Waals surface area contributed by atoms with Crippen molar-refractivity contribution in [3.8, 4) is 0 Å². The summed E-state index contributed by atoms with van der Waals surface area (Å²) >= 11 is 0. The largest absolute Gasteiger partial charge is 0.299 e. The molecule has 0 heterocycles. The molecule has 1 aliphatic rings. The van der Waals surface area contributed by atoms with Crippen molar-refractivity contribution in [2.24, 2.45) is 5.92 Å². The van der Waals surface area contributed by atoms with Crippen LogP contribution in [0.25, 0.3) is 0 Å². The lowest BCUT2D eigenvalue weighted by molar-refractivity contribution is -0.123. The number of benzene rings is 1. The highest BCUT2D eigenvalue weighted by Gasteiger charge is 2.20. The van der Waals surface area contributed by atoms with E-state index in [1.54, 1.807) is 6.07 Å². The van der Waals surface area contributed by atoms with E-state index in [0.717, 1.165) is 18.4 Å². The van der Waals surface area contributed by atoms with Gasteiger partial charge < -0.3 is 0 Å². The minimum absolute atomic E-state index is 0.215. The van der Waals surface area contributed by atoms with E-state index >= 15 is 0 Å². The van der Waals surface area contributed by atoms with Gasteiger partial charge in [0.05, 0.1) is 0 Å². The van der Waals surface area contributed by atoms with Gasteiger partial charge in [-0.3, -0.25) is 4.79 Å². The van der Waals surface area contributed by atoms with Crippen LogP contribution in [-0.4, -0.2) is 5.78 Å². The molecule has 1 fully saturated rings. The topological polar surface area (TPSA) is 17.1 Å². The van der Waals surface area contributed by atoms with Gasteiger partial charge in [-0.15, -0.1) is 0 Å². The number of aryl methyl sites for hydroxylation is 1. The van der Waals surface area contributed by atoms with E-state index in [-0.39, 0.29) is 11.7 Å². The summed E-state index contributed by atoms with van der Waals surface area (Å²) in [4.78, 5) is 12.0. The van der Waals surface area contributed by atoms with Gasteiger partial charge in [-0.1, -0.05) is 31.4 Å². The van der Waals surface area contributed by atoms with Gasteiger partial charge in [0, 0.05) is 12.3 Å². The molecule has 2 rings (SSSR count).